The smallest absolute Gasteiger partial charge is 0.232 e. The van der Waals surface area contributed by atoms with Crippen molar-refractivity contribution in [1.29, 1.82) is 0 Å². The molecule has 1 aliphatic heterocycles. The van der Waals surface area contributed by atoms with Crippen LogP contribution >= 0.6 is 0 Å². The van der Waals surface area contributed by atoms with Crippen molar-refractivity contribution in [2.45, 2.75) is 117 Å². The topological polar surface area (TPSA) is 40.6 Å². The summed E-state index contributed by atoms with van der Waals surface area (Å²) in [6.07, 6.45) is 18.0. The average molecular weight is 471 g/mol. The van der Waals surface area contributed by atoms with Gasteiger partial charge in [-0.15, -0.1) is 0 Å². The molecule has 3 aliphatic carbocycles. The second kappa shape index (κ2) is 11.2. The highest BCUT2D eigenvalue weighted by Crippen LogP contribution is 2.62. The maximum absolute atomic E-state index is 14.0. The van der Waals surface area contributed by atoms with E-state index in [0.29, 0.717) is 29.6 Å². The molecule has 4 aliphatic rings. The van der Waals surface area contributed by atoms with Crippen molar-refractivity contribution in [1.82, 2.24) is 9.80 Å². The summed E-state index contributed by atoms with van der Waals surface area (Å²) in [5, 5.41) is 0. The maximum Gasteiger partial charge on any atom is 0.232 e. The van der Waals surface area contributed by atoms with Gasteiger partial charge in [0, 0.05) is 32.3 Å². The Balaban J connectivity index is 1.42. The van der Waals surface area contributed by atoms with E-state index >= 15 is 0 Å². The van der Waals surface area contributed by atoms with Gasteiger partial charge in [0.2, 0.25) is 11.8 Å². The lowest BCUT2D eigenvalue weighted by Crippen LogP contribution is -2.36. The number of rotatable bonds is 9. The van der Waals surface area contributed by atoms with E-state index in [-0.39, 0.29) is 5.41 Å². The molecule has 0 spiro atoms. The van der Waals surface area contributed by atoms with Crippen molar-refractivity contribution in [2.75, 3.05) is 20.1 Å². The first-order chi connectivity index (χ1) is 16.4. The van der Waals surface area contributed by atoms with E-state index in [4.69, 9.17) is 0 Å². The summed E-state index contributed by atoms with van der Waals surface area (Å²) >= 11 is 0. The molecule has 2 amide bonds. The standard InChI is InChI=1S/C30H50N2O2/c1-5-22(2)23(3)31(4)29(34)30(17-15-24-11-7-6-8-12-24)20-27(30)26-16-18-32(21-26)28(33)19-25-13-9-10-14-25/h24-27H,5-21H2,1-4H3/t26?,27?,30-/m0/s1. The number of amides is 2. The van der Waals surface area contributed by atoms with Crippen molar-refractivity contribution in [3.63, 3.8) is 0 Å². The molecule has 4 rings (SSSR count). The van der Waals surface area contributed by atoms with Crippen molar-refractivity contribution in [3.05, 3.63) is 11.3 Å². The predicted octanol–water partition coefficient (Wildman–Crippen LogP) is 6.94. The van der Waals surface area contributed by atoms with E-state index in [9.17, 15) is 9.59 Å². The minimum Gasteiger partial charge on any atom is -0.342 e. The molecular formula is C30H50N2O2. The van der Waals surface area contributed by atoms with Gasteiger partial charge in [0.1, 0.15) is 0 Å². The van der Waals surface area contributed by atoms with Crippen LogP contribution in [0.4, 0.5) is 0 Å². The van der Waals surface area contributed by atoms with Gasteiger partial charge in [0.25, 0.3) is 0 Å². The Morgan fingerprint density at radius 2 is 1.59 bits per heavy atom. The zero-order chi connectivity index (χ0) is 24.3. The van der Waals surface area contributed by atoms with Crippen LogP contribution in [0.5, 0.6) is 0 Å². The highest BCUT2D eigenvalue weighted by atomic mass is 16.2. The quantitative estimate of drug-likeness (QED) is 0.366. The normalized spacial score (nSPS) is 31.0. The lowest BCUT2D eigenvalue weighted by molar-refractivity contribution is -0.135. The third kappa shape index (κ3) is 5.57. The molecular weight excluding hydrogens is 420 g/mol. The molecule has 0 aromatic rings. The number of carbonyl (C=O) groups is 2. The summed E-state index contributed by atoms with van der Waals surface area (Å²) in [7, 11) is 2.00. The van der Waals surface area contributed by atoms with Crippen LogP contribution < -0.4 is 0 Å². The molecule has 4 fully saturated rings. The molecule has 2 unspecified atom stereocenters. The van der Waals surface area contributed by atoms with Gasteiger partial charge in [0.15, 0.2) is 0 Å². The Hall–Kier alpha value is -1.32. The molecule has 0 radical (unpaired) electrons. The van der Waals surface area contributed by atoms with Gasteiger partial charge in [-0.3, -0.25) is 9.59 Å². The van der Waals surface area contributed by atoms with Crippen LogP contribution in [0, 0.1) is 29.1 Å². The van der Waals surface area contributed by atoms with Crippen LogP contribution in [0.25, 0.3) is 0 Å². The van der Waals surface area contributed by atoms with Gasteiger partial charge in [-0.05, 0) is 82.5 Å². The maximum atomic E-state index is 14.0. The van der Waals surface area contributed by atoms with Crippen LogP contribution in [0.1, 0.15) is 117 Å². The minimum absolute atomic E-state index is 0.184. The number of nitrogens with zero attached hydrogens (tertiary/aromatic N) is 2. The zero-order valence-corrected chi connectivity index (χ0v) is 22.5. The lowest BCUT2D eigenvalue weighted by atomic mass is 9.81. The fourth-order valence-electron chi connectivity index (χ4n) is 7.49. The first-order valence-electron chi connectivity index (χ1n) is 14.6. The van der Waals surface area contributed by atoms with Crippen LogP contribution in [0.3, 0.4) is 0 Å². The van der Waals surface area contributed by atoms with Crippen molar-refractivity contribution < 1.29 is 9.59 Å². The summed E-state index contributed by atoms with van der Waals surface area (Å²) in [6, 6.07) is 0. The van der Waals surface area contributed by atoms with Gasteiger partial charge >= 0.3 is 0 Å². The largest absolute Gasteiger partial charge is 0.342 e. The first-order valence-corrected chi connectivity index (χ1v) is 14.6. The summed E-state index contributed by atoms with van der Waals surface area (Å²) in [5.41, 5.74) is 2.26. The molecule has 0 aromatic carbocycles. The van der Waals surface area contributed by atoms with Crippen LogP contribution in [-0.4, -0.2) is 41.8 Å². The van der Waals surface area contributed by atoms with Gasteiger partial charge < -0.3 is 9.80 Å². The summed E-state index contributed by atoms with van der Waals surface area (Å²) in [5.74, 6) is 3.14. The van der Waals surface area contributed by atoms with Crippen LogP contribution in [-0.2, 0) is 9.59 Å². The van der Waals surface area contributed by atoms with E-state index in [2.05, 4.69) is 25.7 Å². The zero-order valence-electron chi connectivity index (χ0n) is 22.5. The van der Waals surface area contributed by atoms with Crippen LogP contribution in [0.2, 0.25) is 0 Å². The second-order valence-corrected chi connectivity index (χ2v) is 12.3. The first kappa shape index (κ1) is 25.8. The average Bonchev–Trinajstić information content (AvgIpc) is 3.19. The van der Waals surface area contributed by atoms with Gasteiger partial charge in [-0.1, -0.05) is 57.4 Å². The molecule has 34 heavy (non-hydrogen) atoms. The summed E-state index contributed by atoms with van der Waals surface area (Å²) in [4.78, 5) is 31.1. The van der Waals surface area contributed by atoms with Crippen molar-refractivity contribution in [3.8, 4) is 0 Å². The number of hydrogen-bond acceptors (Lipinski definition) is 2. The Bertz CT molecular complexity index is 762. The van der Waals surface area contributed by atoms with Crippen molar-refractivity contribution in [2.24, 2.45) is 29.1 Å². The van der Waals surface area contributed by atoms with Gasteiger partial charge in [-0.25, -0.2) is 0 Å². The van der Waals surface area contributed by atoms with Crippen molar-refractivity contribution >= 4 is 11.8 Å². The third-order valence-corrected chi connectivity index (χ3v) is 10.3. The van der Waals surface area contributed by atoms with E-state index in [1.807, 2.05) is 11.9 Å². The monoisotopic (exact) mass is 470 g/mol. The molecule has 0 aromatic heterocycles. The Morgan fingerprint density at radius 3 is 2.26 bits per heavy atom. The highest BCUT2D eigenvalue weighted by molar-refractivity contribution is 5.87. The number of carbonyl (C=O) groups excluding carboxylic acids is 2. The highest BCUT2D eigenvalue weighted by Gasteiger charge is 2.63. The molecule has 1 saturated heterocycles. The summed E-state index contributed by atoms with van der Waals surface area (Å²) < 4.78 is 0. The third-order valence-electron chi connectivity index (χ3n) is 10.3. The predicted molar refractivity (Wildman–Crippen MR) is 139 cm³/mol. The molecule has 4 heteroatoms. The molecule has 0 N–H and O–H groups in total. The fraction of sp³-hybridized carbons (Fsp3) is 0.867. The minimum atomic E-state index is -0.184. The molecule has 192 valence electrons. The SMILES string of the molecule is CCC(C)=C(C)N(C)C(=O)[C@@]1(CCC2CCCCC2)CC1C1CCN(C(=O)CC2CCCC2)C1. The van der Waals surface area contributed by atoms with Gasteiger partial charge in [-0.2, -0.15) is 0 Å². The second-order valence-electron chi connectivity index (χ2n) is 12.3. The molecule has 4 nitrogen and oxygen atoms in total. The number of likely N-dealkylation sites (tertiary alicyclic amines) is 1. The number of hydrogen-bond donors (Lipinski definition) is 0. The summed E-state index contributed by atoms with van der Waals surface area (Å²) in [6.45, 7) is 8.24. The molecule has 0 bridgehead atoms. The van der Waals surface area contributed by atoms with E-state index in [1.54, 1.807) is 0 Å². The number of allylic oxidation sites excluding steroid dienone is 2. The van der Waals surface area contributed by atoms with Crippen LogP contribution in [0.15, 0.2) is 11.3 Å². The van der Waals surface area contributed by atoms with E-state index in [1.165, 1.54) is 69.8 Å². The molecule has 1 heterocycles. The lowest BCUT2D eigenvalue weighted by Gasteiger charge is -2.30. The molecule has 3 saturated carbocycles. The Kier molecular flexibility index (Phi) is 8.46. The van der Waals surface area contributed by atoms with E-state index in [0.717, 1.165) is 56.8 Å². The fourth-order valence-corrected chi connectivity index (χ4v) is 7.49. The van der Waals surface area contributed by atoms with E-state index < -0.39 is 0 Å². The molecule has 3 atom stereocenters. The Labute approximate surface area is 208 Å². The van der Waals surface area contributed by atoms with Gasteiger partial charge in [0.05, 0.1) is 5.41 Å². The Morgan fingerprint density at radius 1 is 0.941 bits per heavy atom.